The van der Waals surface area contributed by atoms with Crippen molar-refractivity contribution in [2.45, 2.75) is 19.4 Å². The van der Waals surface area contributed by atoms with E-state index in [1.54, 1.807) is 39.3 Å². The summed E-state index contributed by atoms with van der Waals surface area (Å²) < 4.78 is 19.9. The number of carbonyl (C=O) groups is 2. The second-order valence-corrected chi connectivity index (χ2v) is 5.55. The summed E-state index contributed by atoms with van der Waals surface area (Å²) in [5.41, 5.74) is 0.159. The van der Waals surface area contributed by atoms with Gasteiger partial charge >= 0.3 is 11.9 Å². The molecule has 0 spiro atoms. The Morgan fingerprint density at radius 2 is 1.48 bits per heavy atom. The molecule has 0 aliphatic rings. The first-order valence-corrected chi connectivity index (χ1v) is 8.47. The first kappa shape index (κ1) is 23.6. The number of carboxylic acid groups (broad SMARTS) is 1. The van der Waals surface area contributed by atoms with Crippen molar-refractivity contribution in [2.24, 2.45) is 0 Å². The van der Waals surface area contributed by atoms with Crippen LogP contribution in [0.1, 0.15) is 25.0 Å². The van der Waals surface area contributed by atoms with Gasteiger partial charge in [0.15, 0.2) is 17.6 Å². The summed E-state index contributed by atoms with van der Waals surface area (Å²) in [5, 5.41) is 26.9. The maximum Gasteiger partial charge on any atom is 0.337 e. The second-order valence-electron chi connectivity index (χ2n) is 5.55. The fraction of sp³-hybridized carbons (Fsp3) is 0.300. The van der Waals surface area contributed by atoms with Crippen molar-refractivity contribution in [3.63, 3.8) is 0 Å². The number of aliphatic hydroxyl groups excluding tert-OH is 1. The van der Waals surface area contributed by atoms with Crippen molar-refractivity contribution in [1.82, 2.24) is 0 Å². The van der Waals surface area contributed by atoms with Gasteiger partial charge in [-0.25, -0.2) is 4.79 Å². The van der Waals surface area contributed by atoms with Crippen LogP contribution in [0, 0.1) is 0 Å². The van der Waals surface area contributed by atoms with E-state index in [0.717, 1.165) is 0 Å². The molecule has 0 aromatic heterocycles. The van der Waals surface area contributed by atoms with Gasteiger partial charge in [0, 0.05) is 24.6 Å². The third-order valence-corrected chi connectivity index (χ3v) is 3.60. The number of phenolic OH excluding ortho intramolecular Hbond substituents is 1. The Balaban J connectivity index is 0.000000291. The monoisotopic (exact) mass is 408 g/mol. The topological polar surface area (TPSA) is 132 Å². The fourth-order valence-electron chi connectivity index (χ4n) is 2.05. The van der Waals surface area contributed by atoms with Gasteiger partial charge in [0.05, 0.1) is 21.3 Å². The molecular formula is C20H24O9. The molecule has 158 valence electrons. The second kappa shape index (κ2) is 11.4. The van der Waals surface area contributed by atoms with Gasteiger partial charge in [-0.2, -0.15) is 0 Å². The molecule has 1 unspecified atom stereocenters. The third-order valence-electron chi connectivity index (χ3n) is 3.60. The highest BCUT2D eigenvalue weighted by molar-refractivity contribution is 5.74. The lowest BCUT2D eigenvalue weighted by molar-refractivity contribution is -0.147. The number of ether oxygens (including phenoxy) is 4. The predicted molar refractivity (Wildman–Crippen MR) is 103 cm³/mol. The molecule has 0 radical (unpaired) electrons. The third kappa shape index (κ3) is 7.23. The summed E-state index contributed by atoms with van der Waals surface area (Å²) in [4.78, 5) is 21.5. The molecule has 9 nitrogen and oxygen atoms in total. The molecule has 9 heteroatoms. The van der Waals surface area contributed by atoms with E-state index < -0.39 is 12.1 Å². The first-order chi connectivity index (χ1) is 13.7. The Labute approximate surface area is 168 Å². The zero-order valence-electron chi connectivity index (χ0n) is 16.5. The minimum atomic E-state index is -1.61. The molecular weight excluding hydrogens is 384 g/mol. The minimum absolute atomic E-state index is 0.103. The van der Waals surface area contributed by atoms with Gasteiger partial charge < -0.3 is 34.3 Å². The van der Waals surface area contributed by atoms with Gasteiger partial charge in [0.25, 0.3) is 0 Å². The number of carboxylic acids is 1. The lowest BCUT2D eigenvalue weighted by atomic mass is 10.1. The van der Waals surface area contributed by atoms with Gasteiger partial charge in [-0.05, 0) is 17.7 Å². The molecule has 0 fully saturated rings. The Hall–Kier alpha value is -3.46. The highest BCUT2D eigenvalue weighted by atomic mass is 16.5. The summed E-state index contributed by atoms with van der Waals surface area (Å²) in [6.45, 7) is 1.74. The van der Waals surface area contributed by atoms with Crippen LogP contribution in [0.25, 0.3) is 0 Å². The summed E-state index contributed by atoms with van der Waals surface area (Å²) in [5.74, 6) is -0.000700. The van der Waals surface area contributed by atoms with Crippen LogP contribution < -0.4 is 18.9 Å². The van der Waals surface area contributed by atoms with Crippen LogP contribution in [0.15, 0.2) is 36.4 Å². The number of aliphatic hydroxyl groups is 1. The molecule has 2 aromatic carbocycles. The van der Waals surface area contributed by atoms with E-state index in [1.807, 2.05) is 0 Å². The molecule has 0 amide bonds. The van der Waals surface area contributed by atoms with E-state index in [9.17, 15) is 19.8 Å². The number of carbonyl (C=O) groups excluding carboxylic acids is 1. The van der Waals surface area contributed by atoms with Crippen molar-refractivity contribution in [3.8, 4) is 28.7 Å². The zero-order chi connectivity index (χ0) is 22.0. The number of methoxy groups -OCH3 is 3. The average molecular weight is 408 g/mol. The van der Waals surface area contributed by atoms with Crippen molar-refractivity contribution in [2.75, 3.05) is 21.3 Å². The summed E-state index contributed by atoms with van der Waals surface area (Å²) >= 11 is 0. The van der Waals surface area contributed by atoms with Gasteiger partial charge in [0.1, 0.15) is 17.2 Å². The summed E-state index contributed by atoms with van der Waals surface area (Å²) in [7, 11) is 4.42. The molecule has 0 saturated carbocycles. The highest BCUT2D eigenvalue weighted by Crippen LogP contribution is 2.29. The van der Waals surface area contributed by atoms with Crippen LogP contribution in [-0.4, -0.2) is 48.6 Å². The van der Waals surface area contributed by atoms with E-state index in [1.165, 1.54) is 25.3 Å². The van der Waals surface area contributed by atoms with Crippen LogP contribution in [0.5, 0.6) is 28.7 Å². The predicted octanol–water partition coefficient (Wildman–Crippen LogP) is 2.54. The van der Waals surface area contributed by atoms with Crippen molar-refractivity contribution in [3.05, 3.63) is 42.0 Å². The highest BCUT2D eigenvalue weighted by Gasteiger charge is 2.17. The van der Waals surface area contributed by atoms with Crippen LogP contribution in [-0.2, 0) is 9.59 Å². The quantitative estimate of drug-likeness (QED) is 0.467. The van der Waals surface area contributed by atoms with Crippen molar-refractivity contribution < 1.29 is 43.9 Å². The number of aromatic hydroxyl groups is 1. The molecule has 1 atom stereocenters. The molecule has 0 aliphatic heterocycles. The number of esters is 1. The Bertz CT molecular complexity index is 810. The van der Waals surface area contributed by atoms with Gasteiger partial charge in [-0.15, -0.1) is 0 Å². The standard InChI is InChI=1S/C11H14O4.C9H10O5/c1-4-11(12)15-10-6-8(13-2)5-9(7-10)14-3;1-14-7-4-5(2-3-6(7)10)8(11)9(12)13/h5-7H,4H2,1-3H3;2-4,8,10-11H,1H3,(H,12,13). The molecule has 2 aromatic rings. The summed E-state index contributed by atoms with van der Waals surface area (Å²) in [6.07, 6.45) is -1.27. The smallest absolute Gasteiger partial charge is 0.337 e. The number of hydrogen-bond donors (Lipinski definition) is 3. The lowest BCUT2D eigenvalue weighted by Crippen LogP contribution is -2.10. The SMILES string of the molecule is CCC(=O)Oc1cc(OC)cc(OC)c1.COc1cc(C(O)C(=O)O)ccc1O. The normalized spacial score (nSPS) is 10.8. The Kier molecular flexibility index (Phi) is 9.27. The van der Waals surface area contributed by atoms with E-state index in [-0.39, 0.29) is 23.0 Å². The molecule has 2 rings (SSSR count). The van der Waals surface area contributed by atoms with Crippen LogP contribution in [0.4, 0.5) is 0 Å². The number of hydrogen-bond acceptors (Lipinski definition) is 8. The van der Waals surface area contributed by atoms with Gasteiger partial charge in [-0.3, -0.25) is 4.79 Å². The van der Waals surface area contributed by atoms with Crippen molar-refractivity contribution in [1.29, 1.82) is 0 Å². The molecule has 0 aliphatic carbocycles. The van der Waals surface area contributed by atoms with Crippen LogP contribution in [0.2, 0.25) is 0 Å². The average Bonchev–Trinajstić information content (AvgIpc) is 2.73. The fourth-order valence-corrected chi connectivity index (χ4v) is 2.05. The van der Waals surface area contributed by atoms with Gasteiger partial charge in [0.2, 0.25) is 0 Å². The van der Waals surface area contributed by atoms with E-state index in [2.05, 4.69) is 0 Å². The van der Waals surface area contributed by atoms with Crippen molar-refractivity contribution >= 4 is 11.9 Å². The molecule has 0 heterocycles. The molecule has 3 N–H and O–H groups in total. The first-order valence-electron chi connectivity index (χ1n) is 8.47. The van der Waals surface area contributed by atoms with Gasteiger partial charge in [-0.1, -0.05) is 13.0 Å². The van der Waals surface area contributed by atoms with E-state index in [4.69, 9.17) is 24.1 Å². The molecule has 0 bridgehead atoms. The van der Waals surface area contributed by atoms with E-state index in [0.29, 0.717) is 23.7 Å². The number of benzene rings is 2. The minimum Gasteiger partial charge on any atom is -0.504 e. The molecule has 29 heavy (non-hydrogen) atoms. The number of aliphatic carboxylic acids is 1. The summed E-state index contributed by atoms with van der Waals surface area (Å²) in [6, 6.07) is 8.83. The Morgan fingerprint density at radius 1 is 0.931 bits per heavy atom. The molecule has 0 saturated heterocycles. The number of phenols is 1. The van der Waals surface area contributed by atoms with Crippen LogP contribution >= 0.6 is 0 Å². The Morgan fingerprint density at radius 3 is 1.93 bits per heavy atom. The zero-order valence-corrected chi connectivity index (χ0v) is 16.5. The number of rotatable bonds is 7. The van der Waals surface area contributed by atoms with Crippen LogP contribution in [0.3, 0.4) is 0 Å². The van der Waals surface area contributed by atoms with E-state index >= 15 is 0 Å². The maximum atomic E-state index is 11.1. The largest absolute Gasteiger partial charge is 0.504 e. The maximum absolute atomic E-state index is 11.1. The lowest BCUT2D eigenvalue weighted by Gasteiger charge is -2.08.